The van der Waals surface area contributed by atoms with E-state index in [9.17, 15) is 0 Å². The average Bonchev–Trinajstić information content (AvgIpc) is 2.14. The van der Waals surface area contributed by atoms with Gasteiger partial charge in [-0.05, 0) is 20.1 Å². The molecule has 0 radical (unpaired) electrons. The molecule has 0 unspecified atom stereocenters. The molecule has 0 aliphatic rings. The fourth-order valence-corrected chi connectivity index (χ4v) is 1.51. The summed E-state index contributed by atoms with van der Waals surface area (Å²) in [6.45, 7) is 3.94. The normalized spacial score (nSPS) is 11.9. The molecule has 0 aromatic carbocycles. The van der Waals surface area contributed by atoms with Crippen LogP contribution < -0.4 is 5.32 Å². The number of nitrogens with zero attached hydrogens (tertiary/aromatic N) is 3. The number of rotatable bonds is 3. The van der Waals surface area contributed by atoms with Crippen LogP contribution in [0.4, 0.5) is 5.95 Å². The minimum absolute atomic E-state index is 0.125. The largest absolute Gasteiger partial charge is 0.352 e. The minimum Gasteiger partial charge on any atom is -0.352 e. The molecule has 16 heavy (non-hydrogen) atoms. The quantitative estimate of drug-likeness (QED) is 0.686. The molecule has 0 bridgehead atoms. The standard InChI is InChI=1S/C8H11Cl3N4S/c1-4(2)12-6-13-5(8(9,10)11)14-7(15-6)16-3/h4H,1-3H3,(H,12,13,14,15). The number of thioether (sulfide) groups is 1. The number of hydrogen-bond acceptors (Lipinski definition) is 5. The molecule has 1 heterocycles. The van der Waals surface area contributed by atoms with E-state index in [-0.39, 0.29) is 11.9 Å². The van der Waals surface area contributed by atoms with Gasteiger partial charge >= 0.3 is 0 Å². The highest BCUT2D eigenvalue weighted by Crippen LogP contribution is 2.36. The highest BCUT2D eigenvalue weighted by Gasteiger charge is 2.28. The Morgan fingerprint density at radius 1 is 1.19 bits per heavy atom. The molecule has 1 aromatic heterocycles. The van der Waals surface area contributed by atoms with Crippen molar-refractivity contribution in [1.82, 2.24) is 15.0 Å². The fourth-order valence-electron chi connectivity index (χ4n) is 0.897. The van der Waals surface area contributed by atoms with Crippen molar-refractivity contribution in [1.29, 1.82) is 0 Å². The van der Waals surface area contributed by atoms with Crippen LogP contribution in [0.3, 0.4) is 0 Å². The maximum Gasteiger partial charge on any atom is 0.250 e. The first-order valence-corrected chi connectivity index (χ1v) is 6.82. The van der Waals surface area contributed by atoms with Crippen molar-refractivity contribution in [3.05, 3.63) is 5.82 Å². The lowest BCUT2D eigenvalue weighted by Gasteiger charge is -2.13. The molecule has 0 amide bonds. The third-order valence-corrected chi connectivity index (χ3v) is 2.52. The molecule has 1 aromatic rings. The van der Waals surface area contributed by atoms with Crippen LogP contribution in [-0.2, 0) is 3.79 Å². The van der Waals surface area contributed by atoms with Gasteiger partial charge in [0.05, 0.1) is 0 Å². The lowest BCUT2D eigenvalue weighted by Crippen LogP contribution is -2.17. The van der Waals surface area contributed by atoms with Crippen LogP contribution in [-0.4, -0.2) is 27.2 Å². The molecule has 8 heteroatoms. The van der Waals surface area contributed by atoms with E-state index < -0.39 is 3.79 Å². The molecule has 0 fully saturated rings. The molecule has 0 spiro atoms. The maximum absolute atomic E-state index is 5.74. The molecule has 0 saturated carbocycles. The second kappa shape index (κ2) is 5.58. The van der Waals surface area contributed by atoms with Crippen molar-refractivity contribution >= 4 is 52.5 Å². The molecule has 0 aliphatic carbocycles. The van der Waals surface area contributed by atoms with Crippen LogP contribution in [0.15, 0.2) is 5.16 Å². The minimum atomic E-state index is -1.64. The van der Waals surface area contributed by atoms with Gasteiger partial charge in [0.15, 0.2) is 11.0 Å². The van der Waals surface area contributed by atoms with Crippen molar-refractivity contribution in [3.8, 4) is 0 Å². The molecule has 0 atom stereocenters. The molecular weight excluding hydrogens is 291 g/mol. The monoisotopic (exact) mass is 300 g/mol. The Hall–Kier alpha value is 0.0300. The van der Waals surface area contributed by atoms with Gasteiger partial charge in [0.25, 0.3) is 0 Å². The highest BCUT2D eigenvalue weighted by molar-refractivity contribution is 7.98. The van der Waals surface area contributed by atoms with E-state index in [0.717, 1.165) is 0 Å². The number of alkyl halides is 3. The maximum atomic E-state index is 5.74. The van der Waals surface area contributed by atoms with Crippen molar-refractivity contribution in [2.24, 2.45) is 0 Å². The van der Waals surface area contributed by atoms with Crippen LogP contribution in [0, 0.1) is 0 Å². The third-order valence-electron chi connectivity index (χ3n) is 1.47. The van der Waals surface area contributed by atoms with E-state index in [1.807, 2.05) is 20.1 Å². The molecule has 1 N–H and O–H groups in total. The zero-order chi connectivity index (χ0) is 12.3. The third kappa shape index (κ3) is 4.13. The molecule has 1 rings (SSSR count). The lowest BCUT2D eigenvalue weighted by molar-refractivity contribution is 0.796. The van der Waals surface area contributed by atoms with E-state index in [1.54, 1.807) is 0 Å². The van der Waals surface area contributed by atoms with Gasteiger partial charge in [-0.15, -0.1) is 0 Å². The van der Waals surface area contributed by atoms with E-state index in [2.05, 4.69) is 20.3 Å². The summed E-state index contributed by atoms with van der Waals surface area (Å²) < 4.78 is -1.64. The van der Waals surface area contributed by atoms with Crippen molar-refractivity contribution in [3.63, 3.8) is 0 Å². The van der Waals surface area contributed by atoms with Gasteiger partial charge in [0, 0.05) is 6.04 Å². The smallest absolute Gasteiger partial charge is 0.250 e. The lowest BCUT2D eigenvalue weighted by atomic mass is 10.4. The zero-order valence-corrected chi connectivity index (χ0v) is 12.0. The van der Waals surface area contributed by atoms with Crippen LogP contribution in [0.5, 0.6) is 0 Å². The van der Waals surface area contributed by atoms with Gasteiger partial charge < -0.3 is 5.32 Å². The Balaban J connectivity index is 3.11. The number of nitrogens with one attached hydrogen (secondary N) is 1. The number of aromatic nitrogens is 3. The van der Waals surface area contributed by atoms with Crippen molar-refractivity contribution < 1.29 is 0 Å². The summed E-state index contributed by atoms with van der Waals surface area (Å²) in [7, 11) is 0. The molecule has 0 aliphatic heterocycles. The van der Waals surface area contributed by atoms with Crippen LogP contribution in [0.1, 0.15) is 19.7 Å². The van der Waals surface area contributed by atoms with E-state index >= 15 is 0 Å². The second-order valence-corrected chi connectivity index (χ2v) is 6.32. The Labute approximate surface area is 113 Å². The zero-order valence-electron chi connectivity index (χ0n) is 8.96. The molecule has 4 nitrogen and oxygen atoms in total. The first kappa shape index (κ1) is 14.1. The summed E-state index contributed by atoms with van der Waals surface area (Å²) in [6.07, 6.45) is 1.84. The van der Waals surface area contributed by atoms with Crippen molar-refractivity contribution in [2.75, 3.05) is 11.6 Å². The average molecular weight is 302 g/mol. The van der Waals surface area contributed by atoms with Crippen LogP contribution in [0.2, 0.25) is 0 Å². The SMILES string of the molecule is CSc1nc(NC(C)C)nc(C(Cl)(Cl)Cl)n1. The molecular formula is C8H11Cl3N4S. The van der Waals surface area contributed by atoms with Crippen LogP contribution in [0.25, 0.3) is 0 Å². The van der Waals surface area contributed by atoms with Gasteiger partial charge in [0.1, 0.15) is 0 Å². The summed E-state index contributed by atoms with van der Waals surface area (Å²) >= 11 is 18.6. The van der Waals surface area contributed by atoms with E-state index in [1.165, 1.54) is 11.8 Å². The van der Waals surface area contributed by atoms with Crippen LogP contribution >= 0.6 is 46.6 Å². The Kier molecular flexibility index (Phi) is 4.91. The predicted octanol–water partition coefficient (Wildman–Crippen LogP) is 3.24. The van der Waals surface area contributed by atoms with Gasteiger partial charge in [-0.3, -0.25) is 0 Å². The second-order valence-electron chi connectivity index (χ2n) is 3.27. The summed E-state index contributed by atoms with van der Waals surface area (Å²) in [6, 6.07) is 0.195. The number of halogens is 3. The number of anilines is 1. The fraction of sp³-hybridized carbons (Fsp3) is 0.625. The topological polar surface area (TPSA) is 50.7 Å². The Bertz CT molecular complexity index is 367. The summed E-state index contributed by atoms with van der Waals surface area (Å²) in [5.74, 6) is 0.538. The molecule has 0 saturated heterocycles. The summed E-state index contributed by atoms with van der Waals surface area (Å²) in [5.41, 5.74) is 0. The summed E-state index contributed by atoms with van der Waals surface area (Å²) in [4.78, 5) is 12.2. The Morgan fingerprint density at radius 3 is 2.25 bits per heavy atom. The van der Waals surface area contributed by atoms with Gasteiger partial charge in [-0.25, -0.2) is 4.98 Å². The van der Waals surface area contributed by atoms with E-state index in [4.69, 9.17) is 34.8 Å². The first-order valence-electron chi connectivity index (χ1n) is 4.46. The Morgan fingerprint density at radius 2 is 1.81 bits per heavy atom. The highest BCUT2D eigenvalue weighted by atomic mass is 35.6. The number of hydrogen-bond donors (Lipinski definition) is 1. The van der Waals surface area contributed by atoms with Gasteiger partial charge in [-0.2, -0.15) is 9.97 Å². The first-order chi connectivity index (χ1) is 7.32. The van der Waals surface area contributed by atoms with E-state index in [0.29, 0.717) is 11.1 Å². The van der Waals surface area contributed by atoms with Gasteiger partial charge in [0.2, 0.25) is 9.74 Å². The molecule has 90 valence electrons. The van der Waals surface area contributed by atoms with Gasteiger partial charge in [-0.1, -0.05) is 46.6 Å². The van der Waals surface area contributed by atoms with Crippen molar-refractivity contribution in [2.45, 2.75) is 28.8 Å². The predicted molar refractivity (Wildman–Crippen MR) is 69.6 cm³/mol. The summed E-state index contributed by atoms with van der Waals surface area (Å²) in [5, 5.41) is 3.55.